The molecule has 0 spiro atoms. The molecule has 0 aromatic heterocycles. The normalized spacial score (nSPS) is 21.9. The van der Waals surface area contributed by atoms with Crippen LogP contribution in [0.2, 0.25) is 0 Å². The van der Waals surface area contributed by atoms with Crippen LogP contribution in [0.3, 0.4) is 0 Å². The van der Waals surface area contributed by atoms with E-state index in [1.165, 1.54) is 0 Å². The molecule has 1 unspecified atom stereocenters. The van der Waals surface area contributed by atoms with E-state index < -0.39 is 6.10 Å². The molecule has 0 saturated carbocycles. The number of ether oxygens (including phenoxy) is 1. The van der Waals surface area contributed by atoms with Crippen LogP contribution < -0.4 is 4.74 Å². The van der Waals surface area contributed by atoms with Gasteiger partial charge in [-0.3, -0.25) is 0 Å². The van der Waals surface area contributed by atoms with Crippen LogP contribution in [-0.4, -0.2) is 11.7 Å². The average molecular weight is 136 g/mol. The molecule has 1 atom stereocenters. The number of hydrogen-bond acceptors (Lipinski definition) is 2. The Morgan fingerprint density at radius 1 is 1.30 bits per heavy atom. The summed E-state index contributed by atoms with van der Waals surface area (Å²) in [6.07, 6.45) is -0.451. The SMILES string of the molecule is OC1COc2ccc1cc2. The van der Waals surface area contributed by atoms with E-state index >= 15 is 0 Å². The summed E-state index contributed by atoms with van der Waals surface area (Å²) < 4.78 is 5.18. The predicted molar refractivity (Wildman–Crippen MR) is 36.9 cm³/mol. The van der Waals surface area contributed by atoms with Gasteiger partial charge in [-0.05, 0) is 17.7 Å². The minimum Gasteiger partial charge on any atom is -0.491 e. The van der Waals surface area contributed by atoms with Crippen LogP contribution >= 0.6 is 0 Å². The second-order valence-corrected chi connectivity index (χ2v) is 2.40. The first kappa shape index (κ1) is 5.74. The molecule has 0 aliphatic carbocycles. The lowest BCUT2D eigenvalue weighted by Crippen LogP contribution is -2.05. The zero-order valence-corrected chi connectivity index (χ0v) is 5.45. The Morgan fingerprint density at radius 2 is 2.00 bits per heavy atom. The molecule has 10 heavy (non-hydrogen) atoms. The second-order valence-electron chi connectivity index (χ2n) is 2.40. The molecule has 52 valence electrons. The van der Waals surface area contributed by atoms with Crippen molar-refractivity contribution in [3.8, 4) is 5.75 Å². The molecule has 3 rings (SSSR count). The van der Waals surface area contributed by atoms with Crippen molar-refractivity contribution in [1.29, 1.82) is 0 Å². The van der Waals surface area contributed by atoms with Crippen LogP contribution in [0.4, 0.5) is 0 Å². The predicted octanol–water partition coefficient (Wildman–Crippen LogP) is 1.11. The third-order valence-corrected chi connectivity index (χ3v) is 1.67. The molecular weight excluding hydrogens is 128 g/mol. The van der Waals surface area contributed by atoms with Crippen molar-refractivity contribution < 1.29 is 9.84 Å². The number of aliphatic hydroxyl groups is 1. The van der Waals surface area contributed by atoms with Crippen molar-refractivity contribution in [3.05, 3.63) is 29.8 Å². The van der Waals surface area contributed by atoms with Gasteiger partial charge in [-0.2, -0.15) is 0 Å². The van der Waals surface area contributed by atoms with Crippen molar-refractivity contribution in [1.82, 2.24) is 0 Å². The summed E-state index contributed by atoms with van der Waals surface area (Å²) in [6.45, 7) is 0.380. The monoisotopic (exact) mass is 136 g/mol. The maximum Gasteiger partial charge on any atom is 0.119 e. The molecule has 1 aromatic carbocycles. The van der Waals surface area contributed by atoms with Crippen LogP contribution in [0.5, 0.6) is 5.75 Å². The molecule has 0 radical (unpaired) electrons. The highest BCUT2D eigenvalue weighted by Crippen LogP contribution is 2.22. The minimum absolute atomic E-state index is 0.380. The fourth-order valence-corrected chi connectivity index (χ4v) is 1.06. The first-order valence-corrected chi connectivity index (χ1v) is 3.27. The lowest BCUT2D eigenvalue weighted by molar-refractivity contribution is 0.113. The number of benzene rings is 1. The Labute approximate surface area is 59.1 Å². The van der Waals surface area contributed by atoms with Gasteiger partial charge in [0.1, 0.15) is 18.5 Å². The van der Waals surface area contributed by atoms with E-state index in [9.17, 15) is 5.11 Å². The molecule has 2 bridgehead atoms. The highest BCUT2D eigenvalue weighted by atomic mass is 16.5. The zero-order chi connectivity index (χ0) is 6.97. The molecular formula is C8H8O2. The Morgan fingerprint density at radius 3 is 2.70 bits per heavy atom. The van der Waals surface area contributed by atoms with Gasteiger partial charge in [-0.1, -0.05) is 12.1 Å². The molecule has 1 N–H and O–H groups in total. The van der Waals surface area contributed by atoms with Crippen LogP contribution in [0.15, 0.2) is 24.3 Å². The van der Waals surface area contributed by atoms with E-state index in [-0.39, 0.29) is 0 Å². The van der Waals surface area contributed by atoms with E-state index in [2.05, 4.69) is 0 Å². The molecule has 0 fully saturated rings. The fraction of sp³-hybridized carbons (Fsp3) is 0.250. The van der Waals surface area contributed by atoms with Gasteiger partial charge in [0.05, 0.1) is 0 Å². The van der Waals surface area contributed by atoms with Crippen molar-refractivity contribution in [2.45, 2.75) is 6.10 Å². The van der Waals surface area contributed by atoms with Crippen LogP contribution in [-0.2, 0) is 0 Å². The van der Waals surface area contributed by atoms with Gasteiger partial charge in [-0.25, -0.2) is 0 Å². The molecule has 2 nitrogen and oxygen atoms in total. The quantitative estimate of drug-likeness (QED) is 0.579. The summed E-state index contributed by atoms with van der Waals surface area (Å²) in [5.41, 5.74) is 0.932. The minimum atomic E-state index is -0.451. The maximum atomic E-state index is 9.30. The van der Waals surface area contributed by atoms with Gasteiger partial charge in [0.2, 0.25) is 0 Å². The Hall–Kier alpha value is -1.02. The molecule has 0 saturated heterocycles. The summed E-state index contributed by atoms with van der Waals surface area (Å²) in [7, 11) is 0. The van der Waals surface area contributed by atoms with E-state index in [4.69, 9.17) is 4.74 Å². The second kappa shape index (κ2) is 1.99. The molecule has 2 heterocycles. The third kappa shape index (κ3) is 0.772. The first-order chi connectivity index (χ1) is 4.86. The Balaban J connectivity index is 2.49. The largest absolute Gasteiger partial charge is 0.491 e. The summed E-state index contributed by atoms with van der Waals surface area (Å²) >= 11 is 0. The maximum absolute atomic E-state index is 9.30. The standard InChI is InChI=1S/C8H8O2/c9-8-5-10-7-3-1-6(8)2-4-7/h1-4,8-9H,5H2. The third-order valence-electron chi connectivity index (χ3n) is 1.67. The first-order valence-electron chi connectivity index (χ1n) is 3.27. The molecule has 0 amide bonds. The molecule has 2 heteroatoms. The van der Waals surface area contributed by atoms with Gasteiger partial charge in [-0.15, -0.1) is 0 Å². The average Bonchev–Trinajstić information content (AvgIpc) is 2.24. The van der Waals surface area contributed by atoms with Crippen LogP contribution in [0, 0.1) is 0 Å². The summed E-state index contributed by atoms with van der Waals surface area (Å²) in [6, 6.07) is 7.50. The fourth-order valence-electron chi connectivity index (χ4n) is 1.06. The Bertz CT molecular complexity index is 228. The van der Waals surface area contributed by atoms with E-state index in [1.807, 2.05) is 24.3 Å². The highest BCUT2D eigenvalue weighted by molar-refractivity contribution is 5.30. The summed E-state index contributed by atoms with van der Waals surface area (Å²) in [5.74, 6) is 0.834. The zero-order valence-electron chi connectivity index (χ0n) is 5.45. The van der Waals surface area contributed by atoms with Gasteiger partial charge in [0, 0.05) is 0 Å². The van der Waals surface area contributed by atoms with Gasteiger partial charge >= 0.3 is 0 Å². The number of fused-ring (bicyclic) bond motifs is 4. The van der Waals surface area contributed by atoms with Crippen LogP contribution in [0.25, 0.3) is 0 Å². The topological polar surface area (TPSA) is 29.5 Å². The summed E-state index contributed by atoms with van der Waals surface area (Å²) in [4.78, 5) is 0. The smallest absolute Gasteiger partial charge is 0.119 e. The lowest BCUT2D eigenvalue weighted by atomic mass is 10.1. The molecule has 2 aliphatic heterocycles. The number of hydrogen-bond donors (Lipinski definition) is 1. The lowest BCUT2D eigenvalue weighted by Gasteiger charge is -2.04. The van der Waals surface area contributed by atoms with E-state index in [0.717, 1.165) is 11.3 Å². The van der Waals surface area contributed by atoms with Crippen molar-refractivity contribution in [3.63, 3.8) is 0 Å². The van der Waals surface area contributed by atoms with Gasteiger partial charge in [0.15, 0.2) is 0 Å². The van der Waals surface area contributed by atoms with E-state index in [1.54, 1.807) is 0 Å². The van der Waals surface area contributed by atoms with Gasteiger partial charge < -0.3 is 9.84 Å². The molecule has 1 aromatic rings. The van der Waals surface area contributed by atoms with E-state index in [0.29, 0.717) is 6.61 Å². The van der Waals surface area contributed by atoms with Crippen LogP contribution in [0.1, 0.15) is 11.7 Å². The highest BCUT2D eigenvalue weighted by Gasteiger charge is 2.12. The summed E-state index contributed by atoms with van der Waals surface area (Å²) in [5, 5.41) is 9.30. The van der Waals surface area contributed by atoms with Crippen molar-refractivity contribution in [2.75, 3.05) is 6.61 Å². The Kier molecular flexibility index (Phi) is 1.14. The van der Waals surface area contributed by atoms with Crippen molar-refractivity contribution in [2.24, 2.45) is 0 Å². The number of aliphatic hydroxyl groups excluding tert-OH is 1. The molecule has 2 aliphatic rings. The number of rotatable bonds is 0. The van der Waals surface area contributed by atoms with Crippen molar-refractivity contribution >= 4 is 0 Å². The van der Waals surface area contributed by atoms with Gasteiger partial charge in [0.25, 0.3) is 0 Å².